The van der Waals surface area contributed by atoms with E-state index in [4.69, 9.17) is 4.74 Å². The quantitative estimate of drug-likeness (QED) is 0.624. The molecular weight excluding hydrogens is 348 g/mol. The van der Waals surface area contributed by atoms with Crippen molar-refractivity contribution < 1.29 is 14.4 Å². The SMILES string of the molecule is COc1ccc2cc(/C=C/C(=O)NCc3ccc(C[NH+](C)C)cc3)ccc2c1. The zero-order valence-corrected chi connectivity index (χ0v) is 16.7. The first kappa shape index (κ1) is 19.6. The summed E-state index contributed by atoms with van der Waals surface area (Å²) >= 11 is 0. The molecule has 0 aliphatic carbocycles. The molecule has 0 aliphatic rings. The zero-order chi connectivity index (χ0) is 19.9. The third kappa shape index (κ3) is 5.44. The van der Waals surface area contributed by atoms with Gasteiger partial charge in [-0.3, -0.25) is 4.79 Å². The van der Waals surface area contributed by atoms with Crippen molar-refractivity contribution in [2.45, 2.75) is 13.1 Å². The standard InChI is InChI=1S/C24H26N2O2/c1-26(2)17-20-6-4-19(5-7-20)16-25-24(27)13-9-18-8-10-22-15-23(28-3)12-11-21(22)14-18/h4-15H,16-17H2,1-3H3,(H,25,27)/p+1/b13-9+. The maximum absolute atomic E-state index is 12.1. The van der Waals surface area contributed by atoms with Crippen molar-refractivity contribution in [3.05, 3.63) is 83.4 Å². The van der Waals surface area contributed by atoms with E-state index in [0.29, 0.717) is 6.54 Å². The number of ether oxygens (including phenoxy) is 1. The minimum absolute atomic E-state index is 0.100. The highest BCUT2D eigenvalue weighted by molar-refractivity contribution is 5.93. The fourth-order valence-electron chi connectivity index (χ4n) is 3.08. The van der Waals surface area contributed by atoms with E-state index >= 15 is 0 Å². The number of quaternary nitrogens is 1. The number of hydrogen-bond donors (Lipinski definition) is 2. The highest BCUT2D eigenvalue weighted by Gasteiger charge is 2.01. The molecule has 4 heteroatoms. The summed E-state index contributed by atoms with van der Waals surface area (Å²) in [6.07, 6.45) is 3.41. The summed E-state index contributed by atoms with van der Waals surface area (Å²) in [5.74, 6) is 0.739. The summed E-state index contributed by atoms with van der Waals surface area (Å²) in [6, 6.07) is 20.4. The number of amides is 1. The lowest BCUT2D eigenvalue weighted by atomic mass is 10.1. The van der Waals surface area contributed by atoms with Gasteiger partial charge >= 0.3 is 0 Å². The molecule has 144 valence electrons. The summed E-state index contributed by atoms with van der Waals surface area (Å²) < 4.78 is 5.25. The van der Waals surface area contributed by atoms with Gasteiger partial charge in [-0.1, -0.05) is 42.5 Å². The summed E-state index contributed by atoms with van der Waals surface area (Å²) in [6.45, 7) is 1.52. The lowest BCUT2D eigenvalue weighted by Gasteiger charge is -2.08. The maximum atomic E-state index is 12.1. The Kier molecular flexibility index (Phi) is 6.45. The first-order chi connectivity index (χ1) is 13.5. The third-order valence-electron chi connectivity index (χ3n) is 4.55. The Balaban J connectivity index is 1.56. The molecule has 0 saturated heterocycles. The van der Waals surface area contributed by atoms with Crippen LogP contribution in [0.5, 0.6) is 5.75 Å². The molecule has 0 spiro atoms. The Labute approximate surface area is 166 Å². The van der Waals surface area contributed by atoms with Crippen LogP contribution in [-0.4, -0.2) is 27.1 Å². The van der Waals surface area contributed by atoms with Gasteiger partial charge in [-0.05, 0) is 46.2 Å². The van der Waals surface area contributed by atoms with Crippen LogP contribution in [0.2, 0.25) is 0 Å². The number of fused-ring (bicyclic) bond motifs is 1. The number of benzene rings is 3. The average molecular weight is 375 g/mol. The fourth-order valence-corrected chi connectivity index (χ4v) is 3.08. The molecule has 0 heterocycles. The van der Waals surface area contributed by atoms with Gasteiger partial charge in [-0.25, -0.2) is 0 Å². The van der Waals surface area contributed by atoms with Crippen LogP contribution in [0.4, 0.5) is 0 Å². The monoisotopic (exact) mass is 375 g/mol. The number of hydrogen-bond acceptors (Lipinski definition) is 2. The van der Waals surface area contributed by atoms with Gasteiger partial charge in [0.25, 0.3) is 0 Å². The number of carbonyl (C=O) groups excluding carboxylic acids is 1. The first-order valence-electron chi connectivity index (χ1n) is 9.44. The normalized spacial score (nSPS) is 11.3. The third-order valence-corrected chi connectivity index (χ3v) is 4.55. The van der Waals surface area contributed by atoms with Crippen molar-refractivity contribution in [2.75, 3.05) is 21.2 Å². The van der Waals surface area contributed by atoms with E-state index in [-0.39, 0.29) is 5.91 Å². The van der Waals surface area contributed by atoms with Crippen LogP contribution in [0.25, 0.3) is 16.8 Å². The summed E-state index contributed by atoms with van der Waals surface area (Å²) in [5, 5.41) is 5.16. The lowest BCUT2D eigenvalue weighted by molar-refractivity contribution is -0.872. The molecule has 0 unspecified atom stereocenters. The molecule has 0 bridgehead atoms. The molecule has 3 rings (SSSR count). The molecule has 2 N–H and O–H groups in total. The molecule has 3 aromatic rings. The van der Waals surface area contributed by atoms with E-state index in [1.54, 1.807) is 13.2 Å². The minimum Gasteiger partial charge on any atom is -0.497 e. The van der Waals surface area contributed by atoms with Crippen LogP contribution in [-0.2, 0) is 17.9 Å². The Morgan fingerprint density at radius 1 is 0.964 bits per heavy atom. The Bertz CT molecular complexity index is 976. The summed E-state index contributed by atoms with van der Waals surface area (Å²) in [5.41, 5.74) is 3.38. The van der Waals surface area contributed by atoms with E-state index in [0.717, 1.165) is 34.2 Å². The number of methoxy groups -OCH3 is 1. The molecule has 0 fully saturated rings. The number of carbonyl (C=O) groups is 1. The smallest absolute Gasteiger partial charge is 0.244 e. The molecule has 0 radical (unpaired) electrons. The predicted molar refractivity (Wildman–Crippen MR) is 114 cm³/mol. The van der Waals surface area contributed by atoms with Crippen LogP contribution in [0, 0.1) is 0 Å². The maximum Gasteiger partial charge on any atom is 0.244 e. The van der Waals surface area contributed by atoms with Crippen LogP contribution in [0.1, 0.15) is 16.7 Å². The van der Waals surface area contributed by atoms with Crippen molar-refractivity contribution in [1.82, 2.24) is 5.32 Å². The zero-order valence-electron chi connectivity index (χ0n) is 16.7. The molecule has 0 saturated carbocycles. The average Bonchev–Trinajstić information content (AvgIpc) is 2.70. The second-order valence-electron chi connectivity index (χ2n) is 7.22. The van der Waals surface area contributed by atoms with Crippen LogP contribution >= 0.6 is 0 Å². The van der Waals surface area contributed by atoms with Gasteiger partial charge in [0.15, 0.2) is 0 Å². The highest BCUT2D eigenvalue weighted by atomic mass is 16.5. The van der Waals surface area contributed by atoms with Crippen molar-refractivity contribution in [3.63, 3.8) is 0 Å². The van der Waals surface area contributed by atoms with Crippen LogP contribution in [0.3, 0.4) is 0 Å². The van der Waals surface area contributed by atoms with Gasteiger partial charge in [-0.15, -0.1) is 0 Å². The molecule has 28 heavy (non-hydrogen) atoms. The highest BCUT2D eigenvalue weighted by Crippen LogP contribution is 2.22. The van der Waals surface area contributed by atoms with Gasteiger partial charge in [0.1, 0.15) is 12.3 Å². The van der Waals surface area contributed by atoms with Crippen molar-refractivity contribution in [3.8, 4) is 5.75 Å². The molecule has 0 aliphatic heterocycles. The number of rotatable bonds is 7. The molecule has 3 aromatic carbocycles. The largest absolute Gasteiger partial charge is 0.497 e. The molecule has 0 aromatic heterocycles. The second kappa shape index (κ2) is 9.20. The summed E-state index contributed by atoms with van der Waals surface area (Å²) in [7, 11) is 5.93. The number of nitrogens with one attached hydrogen (secondary N) is 2. The van der Waals surface area contributed by atoms with Crippen molar-refractivity contribution in [1.29, 1.82) is 0 Å². The predicted octanol–water partition coefficient (Wildman–Crippen LogP) is 2.82. The lowest BCUT2D eigenvalue weighted by Crippen LogP contribution is -3.04. The Morgan fingerprint density at radius 3 is 2.36 bits per heavy atom. The molecule has 1 amide bonds. The Morgan fingerprint density at radius 2 is 1.64 bits per heavy atom. The first-order valence-corrected chi connectivity index (χ1v) is 9.44. The molecule has 4 nitrogen and oxygen atoms in total. The van der Waals surface area contributed by atoms with Crippen LogP contribution < -0.4 is 15.0 Å². The van der Waals surface area contributed by atoms with Crippen molar-refractivity contribution in [2.24, 2.45) is 0 Å². The van der Waals surface area contributed by atoms with Crippen molar-refractivity contribution >= 4 is 22.8 Å². The van der Waals surface area contributed by atoms with Gasteiger partial charge in [0, 0.05) is 18.2 Å². The van der Waals surface area contributed by atoms with Gasteiger partial charge in [0.05, 0.1) is 21.2 Å². The van der Waals surface area contributed by atoms with Gasteiger partial charge in [0.2, 0.25) is 5.91 Å². The topological polar surface area (TPSA) is 42.8 Å². The van der Waals surface area contributed by atoms with E-state index in [2.05, 4.69) is 49.7 Å². The fraction of sp³-hybridized carbons (Fsp3) is 0.208. The van der Waals surface area contributed by atoms with E-state index < -0.39 is 0 Å². The molecular formula is C24H27N2O2+. The minimum atomic E-state index is -0.100. The Hall–Kier alpha value is -3.11. The van der Waals surface area contributed by atoms with E-state index in [1.807, 2.05) is 36.4 Å². The van der Waals surface area contributed by atoms with E-state index in [1.165, 1.54) is 10.5 Å². The summed E-state index contributed by atoms with van der Waals surface area (Å²) in [4.78, 5) is 13.5. The van der Waals surface area contributed by atoms with Gasteiger partial charge < -0.3 is 15.0 Å². The second-order valence-corrected chi connectivity index (χ2v) is 7.22. The van der Waals surface area contributed by atoms with E-state index in [9.17, 15) is 4.79 Å². The van der Waals surface area contributed by atoms with Crippen LogP contribution in [0.15, 0.2) is 66.7 Å². The van der Waals surface area contributed by atoms with Gasteiger partial charge in [-0.2, -0.15) is 0 Å². The molecule has 0 atom stereocenters.